The van der Waals surface area contributed by atoms with Crippen LogP contribution in [0.25, 0.3) is 0 Å². The van der Waals surface area contributed by atoms with Crippen LogP contribution in [-0.2, 0) is 0 Å². The van der Waals surface area contributed by atoms with Gasteiger partial charge in [-0.15, -0.1) is 11.3 Å². The van der Waals surface area contributed by atoms with Crippen LogP contribution in [0.4, 0.5) is 0 Å². The highest BCUT2D eigenvalue weighted by atomic mass is 32.1. The summed E-state index contributed by atoms with van der Waals surface area (Å²) in [6.07, 6.45) is 0. The second-order valence-corrected chi connectivity index (χ2v) is 7.05. The van der Waals surface area contributed by atoms with Gasteiger partial charge in [0, 0.05) is 12.6 Å². The Balaban J connectivity index is 1.64. The van der Waals surface area contributed by atoms with Crippen LogP contribution in [0.15, 0.2) is 66.0 Å². The van der Waals surface area contributed by atoms with Gasteiger partial charge in [0.15, 0.2) is 0 Å². The first-order valence-corrected chi connectivity index (χ1v) is 9.67. The van der Waals surface area contributed by atoms with E-state index in [1.54, 1.807) is 49.4 Å². The highest BCUT2D eigenvalue weighted by Crippen LogP contribution is 2.20. The zero-order chi connectivity index (χ0) is 19.9. The van der Waals surface area contributed by atoms with Crippen LogP contribution >= 0.6 is 11.3 Å². The normalized spacial score (nSPS) is 10.4. The number of carbonyl (C=O) groups excluding carboxylic acids is 2. The summed E-state index contributed by atoms with van der Waals surface area (Å²) in [6, 6.07) is 17.8. The van der Waals surface area contributed by atoms with Crippen LogP contribution < -0.4 is 9.47 Å². The van der Waals surface area contributed by atoms with Crippen LogP contribution in [0.2, 0.25) is 0 Å². The minimum absolute atomic E-state index is 0.137. The Hall–Kier alpha value is -3.12. The molecule has 28 heavy (non-hydrogen) atoms. The third-order valence-corrected chi connectivity index (χ3v) is 5.12. The second-order valence-electron chi connectivity index (χ2n) is 6.10. The number of thiophene rings is 1. The number of likely N-dealkylation sites (N-methyl/N-ethyl adjacent to an activating group) is 1. The molecule has 3 aromatic rings. The van der Waals surface area contributed by atoms with Crippen molar-refractivity contribution < 1.29 is 19.1 Å². The van der Waals surface area contributed by atoms with Crippen molar-refractivity contribution in [2.75, 3.05) is 27.3 Å². The Labute approximate surface area is 168 Å². The van der Waals surface area contributed by atoms with Gasteiger partial charge in [0.2, 0.25) is 5.78 Å². The lowest BCUT2D eigenvalue weighted by Crippen LogP contribution is -2.32. The SMILES string of the molecule is COc1ccc(OCCN(C)C(=O)c2ccccc2C(=O)c2cccs2)cc1. The monoisotopic (exact) mass is 395 g/mol. The van der Waals surface area contributed by atoms with Crippen molar-refractivity contribution in [3.05, 3.63) is 82.0 Å². The zero-order valence-corrected chi connectivity index (χ0v) is 16.6. The second kappa shape index (κ2) is 9.19. The molecule has 0 saturated heterocycles. The molecule has 0 unspecified atom stereocenters. The predicted octanol–water partition coefficient (Wildman–Crippen LogP) is 4.14. The van der Waals surface area contributed by atoms with Crippen molar-refractivity contribution in [1.29, 1.82) is 0 Å². The highest BCUT2D eigenvalue weighted by Gasteiger charge is 2.21. The van der Waals surface area contributed by atoms with Crippen molar-refractivity contribution >= 4 is 23.0 Å². The van der Waals surface area contributed by atoms with E-state index in [4.69, 9.17) is 9.47 Å². The summed E-state index contributed by atoms with van der Waals surface area (Å²) in [7, 11) is 3.31. The number of hydrogen-bond donors (Lipinski definition) is 0. The van der Waals surface area contributed by atoms with Gasteiger partial charge >= 0.3 is 0 Å². The van der Waals surface area contributed by atoms with E-state index < -0.39 is 0 Å². The summed E-state index contributed by atoms with van der Waals surface area (Å²) < 4.78 is 10.8. The van der Waals surface area contributed by atoms with Gasteiger partial charge in [-0.2, -0.15) is 0 Å². The van der Waals surface area contributed by atoms with Gasteiger partial charge in [0.05, 0.1) is 24.1 Å². The molecule has 0 aliphatic rings. The molecule has 1 aromatic heterocycles. The summed E-state index contributed by atoms with van der Waals surface area (Å²) in [6.45, 7) is 0.738. The number of ketones is 1. The third-order valence-electron chi connectivity index (χ3n) is 4.25. The lowest BCUT2D eigenvalue weighted by Gasteiger charge is -2.19. The molecule has 144 valence electrons. The summed E-state index contributed by atoms with van der Waals surface area (Å²) in [5.41, 5.74) is 0.811. The van der Waals surface area contributed by atoms with E-state index >= 15 is 0 Å². The molecule has 0 bridgehead atoms. The minimum Gasteiger partial charge on any atom is -0.497 e. The third kappa shape index (κ3) is 4.58. The van der Waals surface area contributed by atoms with Gasteiger partial charge in [0.25, 0.3) is 5.91 Å². The first-order chi connectivity index (χ1) is 13.6. The molecule has 0 aliphatic heterocycles. The van der Waals surface area contributed by atoms with E-state index in [0.29, 0.717) is 34.9 Å². The fourth-order valence-electron chi connectivity index (χ4n) is 2.69. The molecule has 0 saturated carbocycles. The number of rotatable bonds is 8. The quantitative estimate of drug-likeness (QED) is 0.538. The van der Waals surface area contributed by atoms with Crippen LogP contribution in [0.3, 0.4) is 0 Å². The molecule has 1 heterocycles. The number of benzene rings is 2. The van der Waals surface area contributed by atoms with Gasteiger partial charge in [-0.25, -0.2) is 0 Å². The molecule has 1 amide bonds. The van der Waals surface area contributed by atoms with Gasteiger partial charge in [-0.3, -0.25) is 9.59 Å². The largest absolute Gasteiger partial charge is 0.497 e. The zero-order valence-electron chi connectivity index (χ0n) is 15.8. The molecule has 5 nitrogen and oxygen atoms in total. The number of methoxy groups -OCH3 is 1. The number of nitrogens with zero attached hydrogens (tertiary/aromatic N) is 1. The van der Waals surface area contributed by atoms with Gasteiger partial charge < -0.3 is 14.4 Å². The maximum Gasteiger partial charge on any atom is 0.254 e. The Kier molecular flexibility index (Phi) is 6.45. The van der Waals surface area contributed by atoms with Gasteiger partial charge in [-0.1, -0.05) is 24.3 Å². The van der Waals surface area contributed by atoms with Crippen molar-refractivity contribution in [3.63, 3.8) is 0 Å². The summed E-state index contributed by atoms with van der Waals surface area (Å²) >= 11 is 1.37. The predicted molar refractivity (Wildman–Crippen MR) is 110 cm³/mol. The Morgan fingerprint density at radius 2 is 1.61 bits per heavy atom. The average Bonchev–Trinajstić information content (AvgIpc) is 3.28. The topological polar surface area (TPSA) is 55.8 Å². The fourth-order valence-corrected chi connectivity index (χ4v) is 3.37. The Morgan fingerprint density at radius 1 is 0.929 bits per heavy atom. The van der Waals surface area contributed by atoms with Crippen molar-refractivity contribution in [1.82, 2.24) is 4.90 Å². The number of ether oxygens (including phenoxy) is 2. The van der Waals surface area contributed by atoms with Gasteiger partial charge in [-0.05, 0) is 41.8 Å². The summed E-state index contributed by atoms with van der Waals surface area (Å²) in [4.78, 5) is 27.8. The highest BCUT2D eigenvalue weighted by molar-refractivity contribution is 7.12. The van der Waals surface area contributed by atoms with Crippen molar-refractivity contribution in [3.8, 4) is 11.5 Å². The fraction of sp³-hybridized carbons (Fsp3) is 0.182. The summed E-state index contributed by atoms with van der Waals surface area (Å²) in [5.74, 6) is 1.11. The van der Waals surface area contributed by atoms with E-state index in [1.165, 1.54) is 11.3 Å². The van der Waals surface area contributed by atoms with Crippen LogP contribution in [0.5, 0.6) is 11.5 Å². The smallest absolute Gasteiger partial charge is 0.254 e. The molecule has 0 N–H and O–H groups in total. The summed E-state index contributed by atoms with van der Waals surface area (Å²) in [5, 5.41) is 1.85. The van der Waals surface area contributed by atoms with E-state index in [0.717, 1.165) is 5.75 Å². The average molecular weight is 395 g/mol. The molecule has 0 atom stereocenters. The van der Waals surface area contributed by atoms with E-state index in [-0.39, 0.29) is 11.7 Å². The number of amides is 1. The molecule has 0 radical (unpaired) electrons. The van der Waals surface area contributed by atoms with E-state index in [9.17, 15) is 9.59 Å². The first-order valence-electron chi connectivity index (χ1n) is 8.79. The minimum atomic E-state index is -0.209. The molecule has 3 rings (SSSR count). The molecular formula is C22H21NO4S. The lowest BCUT2D eigenvalue weighted by atomic mass is 10.0. The van der Waals surface area contributed by atoms with E-state index in [2.05, 4.69) is 0 Å². The first kappa shape index (κ1) is 19.6. The van der Waals surface area contributed by atoms with Crippen LogP contribution in [-0.4, -0.2) is 43.9 Å². The van der Waals surface area contributed by atoms with Crippen molar-refractivity contribution in [2.45, 2.75) is 0 Å². The molecule has 0 spiro atoms. The molecule has 6 heteroatoms. The standard InChI is InChI=1S/C22H21NO4S/c1-23(13-14-27-17-11-9-16(26-2)10-12-17)22(25)19-7-4-3-6-18(19)21(24)20-8-5-15-28-20/h3-12,15H,13-14H2,1-2H3. The molecule has 2 aromatic carbocycles. The maximum atomic E-state index is 12.9. The van der Waals surface area contributed by atoms with Crippen LogP contribution in [0.1, 0.15) is 25.6 Å². The molecule has 0 aliphatic carbocycles. The lowest BCUT2D eigenvalue weighted by molar-refractivity contribution is 0.0769. The maximum absolute atomic E-state index is 12.9. The number of carbonyl (C=O) groups is 2. The number of hydrogen-bond acceptors (Lipinski definition) is 5. The molecule has 0 fully saturated rings. The Morgan fingerprint density at radius 3 is 2.25 bits per heavy atom. The van der Waals surface area contributed by atoms with Crippen LogP contribution in [0, 0.1) is 0 Å². The van der Waals surface area contributed by atoms with E-state index in [1.807, 2.05) is 35.7 Å². The van der Waals surface area contributed by atoms with Gasteiger partial charge in [0.1, 0.15) is 18.1 Å². The van der Waals surface area contributed by atoms with Crippen molar-refractivity contribution in [2.24, 2.45) is 0 Å². The molecular weight excluding hydrogens is 374 g/mol. The Bertz CT molecular complexity index is 935.